The predicted octanol–water partition coefficient (Wildman–Crippen LogP) is -1.56. The third kappa shape index (κ3) is 4.01. The highest BCUT2D eigenvalue weighted by Gasteiger charge is 2.39. The molecule has 0 aliphatic carbocycles. The second-order valence-electron chi connectivity index (χ2n) is 4.72. The number of amides is 1. The van der Waals surface area contributed by atoms with E-state index >= 15 is 0 Å². The van der Waals surface area contributed by atoms with Crippen molar-refractivity contribution in [3.8, 4) is 0 Å². The van der Waals surface area contributed by atoms with E-state index in [4.69, 9.17) is 19.9 Å². The van der Waals surface area contributed by atoms with Gasteiger partial charge in [-0.2, -0.15) is 4.99 Å². The minimum atomic E-state index is -0.750. The second-order valence-corrected chi connectivity index (χ2v) is 4.72. The van der Waals surface area contributed by atoms with Crippen molar-refractivity contribution in [3.05, 3.63) is 0 Å². The van der Waals surface area contributed by atoms with Gasteiger partial charge < -0.3 is 19.9 Å². The van der Waals surface area contributed by atoms with E-state index in [1.54, 1.807) is 0 Å². The largest absolute Gasteiger partial charge is 0.463 e. The molecule has 0 spiro atoms. The van der Waals surface area contributed by atoms with Crippen LogP contribution in [0.25, 0.3) is 0 Å². The number of esters is 2. The van der Waals surface area contributed by atoms with Crippen LogP contribution in [-0.4, -0.2) is 54.7 Å². The summed E-state index contributed by atoms with van der Waals surface area (Å²) in [6.45, 7) is 2.44. The number of nitrogens with one attached hydrogen (secondary N) is 1. The molecule has 22 heavy (non-hydrogen) atoms. The zero-order chi connectivity index (χ0) is 16.3. The van der Waals surface area contributed by atoms with Crippen LogP contribution in [0, 0.1) is 0 Å². The van der Waals surface area contributed by atoms with E-state index in [0.717, 1.165) is 0 Å². The van der Waals surface area contributed by atoms with E-state index in [0.29, 0.717) is 0 Å². The van der Waals surface area contributed by atoms with Crippen LogP contribution in [0.4, 0.5) is 0 Å². The van der Waals surface area contributed by atoms with Gasteiger partial charge in [0.05, 0.1) is 0 Å². The van der Waals surface area contributed by atoms with Crippen LogP contribution in [-0.2, 0) is 28.6 Å². The van der Waals surface area contributed by atoms with Gasteiger partial charge in [-0.3, -0.25) is 19.7 Å². The number of ether oxygens (including phenoxy) is 3. The molecule has 2 heterocycles. The van der Waals surface area contributed by atoms with Crippen molar-refractivity contribution in [1.29, 1.82) is 0 Å². The summed E-state index contributed by atoms with van der Waals surface area (Å²) in [5.74, 6) is -1.66. The molecule has 1 fully saturated rings. The molecule has 1 amide bonds. The Balaban J connectivity index is 2.05. The molecule has 0 aromatic heterocycles. The Hall–Kier alpha value is -2.49. The molecule has 10 nitrogen and oxygen atoms in total. The number of aliphatic imine (C=N–C) groups is 2. The lowest BCUT2D eigenvalue weighted by molar-refractivity contribution is -0.154. The first-order valence-corrected chi connectivity index (χ1v) is 6.54. The molecular weight excluding hydrogens is 296 g/mol. The predicted molar refractivity (Wildman–Crippen MR) is 72.7 cm³/mol. The normalized spacial score (nSPS) is 29.2. The molecule has 0 aromatic rings. The molecule has 120 valence electrons. The lowest BCUT2D eigenvalue weighted by Gasteiger charge is -2.17. The summed E-state index contributed by atoms with van der Waals surface area (Å²) in [6, 6.07) is 0. The molecule has 0 aromatic carbocycles. The van der Waals surface area contributed by atoms with Gasteiger partial charge in [0.15, 0.2) is 6.23 Å². The number of carbonyl (C=O) groups excluding carboxylic acids is 3. The minimum absolute atomic E-state index is 0.0465. The molecule has 10 heteroatoms. The SMILES string of the molecule is CC(=O)OC[C@H]1O[C@@H](/N=C2/N=C(N)NC2=O)C[C@@H]1OC(C)=O. The van der Waals surface area contributed by atoms with E-state index in [1.165, 1.54) is 13.8 Å². The zero-order valence-corrected chi connectivity index (χ0v) is 12.1. The van der Waals surface area contributed by atoms with Crippen LogP contribution in [0.2, 0.25) is 0 Å². The summed E-state index contributed by atoms with van der Waals surface area (Å²) in [4.78, 5) is 41.2. The Labute approximate surface area is 125 Å². The lowest BCUT2D eigenvalue weighted by atomic mass is 10.2. The van der Waals surface area contributed by atoms with Gasteiger partial charge in [-0.15, -0.1) is 0 Å². The third-order valence-electron chi connectivity index (χ3n) is 2.89. The summed E-state index contributed by atoms with van der Waals surface area (Å²) in [6.07, 6.45) is -1.82. The van der Waals surface area contributed by atoms with E-state index in [9.17, 15) is 14.4 Å². The molecule has 3 atom stereocenters. The number of guanidine groups is 1. The molecule has 2 rings (SSSR count). The van der Waals surface area contributed by atoms with Crippen molar-refractivity contribution in [2.24, 2.45) is 15.7 Å². The summed E-state index contributed by atoms with van der Waals surface area (Å²) in [5, 5.41) is 2.28. The molecule has 0 saturated carbocycles. The van der Waals surface area contributed by atoms with Gasteiger partial charge in [0.1, 0.15) is 18.8 Å². The van der Waals surface area contributed by atoms with Crippen LogP contribution in [0.3, 0.4) is 0 Å². The minimum Gasteiger partial charge on any atom is -0.463 e. The first-order chi connectivity index (χ1) is 10.3. The summed E-state index contributed by atoms with van der Waals surface area (Å²) in [7, 11) is 0. The maximum absolute atomic E-state index is 11.5. The van der Waals surface area contributed by atoms with E-state index in [1.807, 2.05) is 0 Å². The first-order valence-electron chi connectivity index (χ1n) is 6.54. The van der Waals surface area contributed by atoms with Crippen LogP contribution in [0.15, 0.2) is 9.98 Å². The van der Waals surface area contributed by atoms with Crippen LogP contribution >= 0.6 is 0 Å². The monoisotopic (exact) mass is 312 g/mol. The summed E-state index contributed by atoms with van der Waals surface area (Å²) >= 11 is 0. The Kier molecular flexibility index (Phi) is 4.71. The van der Waals surface area contributed by atoms with Crippen molar-refractivity contribution < 1.29 is 28.6 Å². The van der Waals surface area contributed by atoms with Gasteiger partial charge in [0.25, 0.3) is 5.91 Å². The number of nitrogens with two attached hydrogens (primary N) is 1. The molecule has 0 bridgehead atoms. The van der Waals surface area contributed by atoms with Crippen molar-refractivity contribution in [2.75, 3.05) is 6.61 Å². The Morgan fingerprint density at radius 3 is 2.73 bits per heavy atom. The van der Waals surface area contributed by atoms with Crippen LogP contribution < -0.4 is 11.1 Å². The molecule has 2 aliphatic heterocycles. The molecule has 0 unspecified atom stereocenters. The van der Waals surface area contributed by atoms with Crippen LogP contribution in [0.5, 0.6) is 0 Å². The van der Waals surface area contributed by atoms with E-state index in [-0.39, 0.29) is 24.8 Å². The van der Waals surface area contributed by atoms with Crippen molar-refractivity contribution >= 4 is 29.6 Å². The number of amidine groups is 1. The maximum Gasteiger partial charge on any atom is 0.303 e. The highest BCUT2D eigenvalue weighted by Crippen LogP contribution is 2.25. The number of carbonyl (C=O) groups is 3. The quantitative estimate of drug-likeness (QED) is 0.598. The number of hydrogen-bond acceptors (Lipinski definition) is 8. The topological polar surface area (TPSA) is 142 Å². The summed E-state index contributed by atoms with van der Waals surface area (Å²) in [5.41, 5.74) is 5.36. The second kappa shape index (κ2) is 6.52. The van der Waals surface area contributed by atoms with Gasteiger partial charge in [0, 0.05) is 20.3 Å². The van der Waals surface area contributed by atoms with Gasteiger partial charge in [-0.25, -0.2) is 4.99 Å². The fourth-order valence-corrected chi connectivity index (χ4v) is 2.05. The van der Waals surface area contributed by atoms with Gasteiger partial charge >= 0.3 is 11.9 Å². The fourth-order valence-electron chi connectivity index (χ4n) is 2.05. The van der Waals surface area contributed by atoms with Gasteiger partial charge in [-0.05, 0) is 0 Å². The number of rotatable bonds is 4. The number of hydrogen-bond donors (Lipinski definition) is 2. The average molecular weight is 312 g/mol. The van der Waals surface area contributed by atoms with E-state index in [2.05, 4.69) is 15.3 Å². The smallest absolute Gasteiger partial charge is 0.303 e. The molecule has 2 aliphatic rings. The Morgan fingerprint density at radius 2 is 2.18 bits per heavy atom. The number of nitrogens with zero attached hydrogens (tertiary/aromatic N) is 2. The van der Waals surface area contributed by atoms with Gasteiger partial charge in [0.2, 0.25) is 11.8 Å². The van der Waals surface area contributed by atoms with E-state index < -0.39 is 36.3 Å². The van der Waals surface area contributed by atoms with Gasteiger partial charge in [-0.1, -0.05) is 0 Å². The van der Waals surface area contributed by atoms with Crippen LogP contribution in [0.1, 0.15) is 20.3 Å². The maximum atomic E-state index is 11.5. The average Bonchev–Trinajstić information content (AvgIpc) is 2.90. The zero-order valence-electron chi connectivity index (χ0n) is 12.1. The standard InChI is InChI=1S/C12H16N4O6/c1-5(17)20-4-8-7(21-6(2)18)3-9(22-8)14-10-11(19)16-12(13)15-10/h7-9H,3-4H2,1-2H3,(H3,13,14,15,16,19)/t7-,8+,9+/m0/s1. The first kappa shape index (κ1) is 15.9. The highest BCUT2D eigenvalue weighted by molar-refractivity contribution is 6.46. The van der Waals surface area contributed by atoms with Crippen molar-refractivity contribution in [3.63, 3.8) is 0 Å². The molecular formula is C12H16N4O6. The van der Waals surface area contributed by atoms with Crippen molar-refractivity contribution in [2.45, 2.75) is 38.7 Å². The molecule has 3 N–H and O–H groups in total. The summed E-state index contributed by atoms with van der Waals surface area (Å²) < 4.78 is 15.5. The molecule has 1 saturated heterocycles. The third-order valence-corrected chi connectivity index (χ3v) is 2.89. The Morgan fingerprint density at radius 1 is 1.45 bits per heavy atom. The fraction of sp³-hybridized carbons (Fsp3) is 0.583. The highest BCUT2D eigenvalue weighted by atomic mass is 16.6. The Bertz CT molecular complexity index is 558. The lowest BCUT2D eigenvalue weighted by Crippen LogP contribution is -2.32. The molecule has 0 radical (unpaired) electrons. The van der Waals surface area contributed by atoms with Crippen molar-refractivity contribution in [1.82, 2.24) is 5.32 Å².